The first-order chi connectivity index (χ1) is 9.48. The molecule has 0 unspecified atom stereocenters. The highest BCUT2D eigenvalue weighted by molar-refractivity contribution is 5.96. The van der Waals surface area contributed by atoms with Gasteiger partial charge in [-0.2, -0.15) is 0 Å². The van der Waals surface area contributed by atoms with Crippen molar-refractivity contribution in [3.63, 3.8) is 0 Å². The highest BCUT2D eigenvalue weighted by Crippen LogP contribution is 2.52. The van der Waals surface area contributed by atoms with Crippen LogP contribution in [0.4, 0.5) is 0 Å². The standard InChI is InChI=1S/C16H21NO3/c1-11(2)16-7-6-15(3,20-16)14(13(16)18)19-10-12-5-4-8-17-9-12/h4-5,8-9,11,14H,6-7,10H2,1-3H3/t14-,15+,16+/m1/s1. The van der Waals surface area contributed by atoms with Crippen LogP contribution >= 0.6 is 0 Å². The van der Waals surface area contributed by atoms with Crippen LogP contribution in [0.25, 0.3) is 0 Å². The van der Waals surface area contributed by atoms with Gasteiger partial charge in [0.1, 0.15) is 17.3 Å². The van der Waals surface area contributed by atoms with Gasteiger partial charge in [-0.25, -0.2) is 0 Å². The quantitative estimate of drug-likeness (QED) is 0.847. The van der Waals surface area contributed by atoms with Crippen molar-refractivity contribution in [1.82, 2.24) is 4.98 Å². The van der Waals surface area contributed by atoms with Crippen molar-refractivity contribution in [3.05, 3.63) is 30.1 Å². The van der Waals surface area contributed by atoms with E-state index in [0.717, 1.165) is 18.4 Å². The van der Waals surface area contributed by atoms with Crippen LogP contribution in [-0.2, 0) is 20.9 Å². The molecule has 4 nitrogen and oxygen atoms in total. The summed E-state index contributed by atoms with van der Waals surface area (Å²) in [5, 5.41) is 0. The van der Waals surface area contributed by atoms with Crippen LogP contribution in [0.15, 0.2) is 24.5 Å². The summed E-state index contributed by atoms with van der Waals surface area (Å²) >= 11 is 0. The number of hydrogen-bond acceptors (Lipinski definition) is 4. The molecular weight excluding hydrogens is 254 g/mol. The number of ketones is 1. The Hall–Kier alpha value is -1.26. The predicted octanol–water partition coefficient (Wildman–Crippen LogP) is 2.51. The molecule has 2 saturated heterocycles. The molecule has 2 fully saturated rings. The molecule has 3 rings (SSSR count). The smallest absolute Gasteiger partial charge is 0.196 e. The third-order valence-corrected chi connectivity index (χ3v) is 4.69. The zero-order valence-corrected chi connectivity index (χ0v) is 12.3. The van der Waals surface area contributed by atoms with Crippen LogP contribution < -0.4 is 0 Å². The van der Waals surface area contributed by atoms with Gasteiger partial charge in [0.05, 0.1) is 6.61 Å². The van der Waals surface area contributed by atoms with E-state index in [4.69, 9.17) is 9.47 Å². The highest BCUT2D eigenvalue weighted by atomic mass is 16.6. The average Bonchev–Trinajstić information content (AvgIpc) is 2.89. The lowest BCUT2D eigenvalue weighted by Gasteiger charge is -2.30. The summed E-state index contributed by atoms with van der Waals surface area (Å²) < 4.78 is 12.0. The number of ether oxygens (including phenoxy) is 2. The van der Waals surface area contributed by atoms with Gasteiger partial charge in [-0.1, -0.05) is 19.9 Å². The molecule has 2 bridgehead atoms. The van der Waals surface area contributed by atoms with E-state index in [-0.39, 0.29) is 11.7 Å². The Morgan fingerprint density at radius 3 is 2.90 bits per heavy atom. The number of carbonyl (C=O) groups excluding carboxylic acids is 1. The predicted molar refractivity (Wildman–Crippen MR) is 74.1 cm³/mol. The molecule has 2 aliphatic heterocycles. The van der Waals surface area contributed by atoms with E-state index in [2.05, 4.69) is 4.98 Å². The minimum absolute atomic E-state index is 0.116. The summed E-state index contributed by atoms with van der Waals surface area (Å²) in [6.07, 6.45) is 4.73. The summed E-state index contributed by atoms with van der Waals surface area (Å²) in [5.41, 5.74) is -0.122. The minimum Gasteiger partial charge on any atom is -0.363 e. The monoisotopic (exact) mass is 275 g/mol. The molecule has 0 aromatic carbocycles. The number of Topliss-reactive ketones (excluding diaryl/α,β-unsaturated/α-hetero) is 1. The van der Waals surface area contributed by atoms with E-state index in [9.17, 15) is 4.79 Å². The fraction of sp³-hybridized carbons (Fsp3) is 0.625. The van der Waals surface area contributed by atoms with Crippen LogP contribution in [0.2, 0.25) is 0 Å². The Kier molecular flexibility index (Phi) is 3.18. The van der Waals surface area contributed by atoms with E-state index in [1.165, 1.54) is 0 Å². The summed E-state index contributed by atoms with van der Waals surface area (Å²) in [5.74, 6) is 0.300. The maximum atomic E-state index is 12.7. The van der Waals surface area contributed by atoms with Gasteiger partial charge in [-0.05, 0) is 37.3 Å². The van der Waals surface area contributed by atoms with Gasteiger partial charge in [-0.3, -0.25) is 9.78 Å². The summed E-state index contributed by atoms with van der Waals surface area (Å²) in [4.78, 5) is 16.8. The molecule has 0 amide bonds. The van der Waals surface area contributed by atoms with E-state index in [1.54, 1.807) is 12.4 Å². The Labute approximate surface area is 119 Å². The topological polar surface area (TPSA) is 48.4 Å². The number of aromatic nitrogens is 1. The highest BCUT2D eigenvalue weighted by Gasteiger charge is 2.66. The second-order valence-electron chi connectivity index (χ2n) is 6.38. The molecule has 1 aromatic rings. The summed E-state index contributed by atoms with van der Waals surface area (Å²) in [6, 6.07) is 3.82. The Morgan fingerprint density at radius 1 is 1.50 bits per heavy atom. The largest absolute Gasteiger partial charge is 0.363 e. The molecule has 0 aliphatic carbocycles. The van der Waals surface area contributed by atoms with Gasteiger partial charge in [0.15, 0.2) is 5.78 Å². The first-order valence-corrected chi connectivity index (χ1v) is 7.23. The Morgan fingerprint density at radius 2 is 2.30 bits per heavy atom. The summed E-state index contributed by atoms with van der Waals surface area (Å²) in [7, 11) is 0. The van der Waals surface area contributed by atoms with Crippen LogP contribution in [0.1, 0.15) is 39.2 Å². The van der Waals surface area contributed by atoms with Crippen molar-refractivity contribution in [2.75, 3.05) is 0 Å². The Balaban J connectivity index is 1.76. The number of fused-ring (bicyclic) bond motifs is 2. The second kappa shape index (κ2) is 4.64. The maximum absolute atomic E-state index is 12.7. The Bertz CT molecular complexity index is 516. The van der Waals surface area contributed by atoms with E-state index < -0.39 is 17.3 Å². The first-order valence-electron chi connectivity index (χ1n) is 7.23. The zero-order chi connectivity index (χ0) is 14.4. The SMILES string of the molecule is CC(C)[C@]12CC[C@](C)(O1)[C@H](OCc1cccnc1)C2=O. The van der Waals surface area contributed by atoms with Crippen LogP contribution in [-0.4, -0.2) is 28.1 Å². The fourth-order valence-corrected chi connectivity index (χ4v) is 3.42. The number of hydrogen-bond donors (Lipinski definition) is 0. The number of pyridine rings is 1. The third kappa shape index (κ3) is 1.90. The van der Waals surface area contributed by atoms with Gasteiger partial charge in [0.2, 0.25) is 0 Å². The number of carbonyl (C=O) groups is 1. The van der Waals surface area contributed by atoms with Crippen molar-refractivity contribution in [2.24, 2.45) is 5.92 Å². The van der Waals surface area contributed by atoms with Crippen LogP contribution in [0.5, 0.6) is 0 Å². The second-order valence-corrected chi connectivity index (χ2v) is 6.38. The molecule has 0 N–H and O–H groups in total. The minimum atomic E-state index is -0.631. The molecule has 0 spiro atoms. The van der Waals surface area contributed by atoms with Gasteiger partial charge in [-0.15, -0.1) is 0 Å². The summed E-state index contributed by atoms with van der Waals surface area (Å²) in [6.45, 7) is 6.49. The number of rotatable bonds is 4. The number of nitrogens with zero attached hydrogens (tertiary/aromatic N) is 1. The molecule has 0 radical (unpaired) electrons. The molecule has 4 heteroatoms. The van der Waals surface area contributed by atoms with Gasteiger partial charge in [0, 0.05) is 12.4 Å². The van der Waals surface area contributed by atoms with Crippen molar-refractivity contribution < 1.29 is 14.3 Å². The van der Waals surface area contributed by atoms with Crippen LogP contribution in [0, 0.1) is 5.92 Å². The van der Waals surface area contributed by atoms with E-state index >= 15 is 0 Å². The lowest BCUT2D eigenvalue weighted by Crippen LogP contribution is -2.48. The van der Waals surface area contributed by atoms with Gasteiger partial charge < -0.3 is 9.47 Å². The average molecular weight is 275 g/mol. The van der Waals surface area contributed by atoms with Crippen molar-refractivity contribution in [2.45, 2.75) is 57.5 Å². The lowest BCUT2D eigenvalue weighted by atomic mass is 9.74. The van der Waals surface area contributed by atoms with Gasteiger partial charge >= 0.3 is 0 Å². The van der Waals surface area contributed by atoms with Gasteiger partial charge in [0.25, 0.3) is 0 Å². The maximum Gasteiger partial charge on any atom is 0.196 e. The molecule has 3 atom stereocenters. The molecule has 1 aromatic heterocycles. The third-order valence-electron chi connectivity index (χ3n) is 4.69. The van der Waals surface area contributed by atoms with Crippen molar-refractivity contribution in [1.29, 1.82) is 0 Å². The zero-order valence-electron chi connectivity index (χ0n) is 12.3. The van der Waals surface area contributed by atoms with Crippen molar-refractivity contribution >= 4 is 5.78 Å². The lowest BCUT2D eigenvalue weighted by molar-refractivity contribution is -0.139. The van der Waals surface area contributed by atoms with E-state index in [1.807, 2.05) is 32.9 Å². The fourth-order valence-electron chi connectivity index (χ4n) is 3.42. The molecule has 108 valence electrons. The molecule has 20 heavy (non-hydrogen) atoms. The van der Waals surface area contributed by atoms with Crippen LogP contribution in [0.3, 0.4) is 0 Å². The van der Waals surface area contributed by atoms with E-state index in [0.29, 0.717) is 6.61 Å². The first kappa shape index (κ1) is 13.7. The van der Waals surface area contributed by atoms with Crippen molar-refractivity contribution in [3.8, 4) is 0 Å². The molecular formula is C16H21NO3. The molecule has 2 aliphatic rings. The molecule has 3 heterocycles. The normalized spacial score (nSPS) is 36.0. The molecule has 0 saturated carbocycles.